The largest absolute Gasteiger partial charge is 0.323 e. The zero-order chi connectivity index (χ0) is 15.7. The molecule has 0 bridgehead atoms. The summed E-state index contributed by atoms with van der Waals surface area (Å²) in [6.45, 7) is 2.51. The van der Waals surface area contributed by atoms with Gasteiger partial charge in [0, 0.05) is 24.8 Å². The highest BCUT2D eigenvalue weighted by molar-refractivity contribution is 5.88. The number of alkyl halides is 2. The number of aromatic nitrogens is 2. The van der Waals surface area contributed by atoms with Crippen molar-refractivity contribution in [1.82, 2.24) is 14.7 Å². The predicted octanol–water partition coefficient (Wildman–Crippen LogP) is 3.19. The summed E-state index contributed by atoms with van der Waals surface area (Å²) in [6.07, 6.45) is 3.67. The molecule has 122 valence electrons. The Morgan fingerprint density at radius 2 is 2.23 bits per heavy atom. The molecular weight excluding hydrogens is 290 g/mol. The molecule has 0 aromatic carbocycles. The molecule has 2 fully saturated rings. The Hall–Kier alpha value is -1.66. The second-order valence-electron chi connectivity index (χ2n) is 6.39. The third-order valence-electron chi connectivity index (χ3n) is 4.86. The Bertz CT molecular complexity index is 533. The average Bonchev–Trinajstić information content (AvgIpc) is 3.04. The van der Waals surface area contributed by atoms with Crippen LogP contribution in [0.1, 0.15) is 32.6 Å². The van der Waals surface area contributed by atoms with Crippen LogP contribution in [0, 0.1) is 11.8 Å². The number of urea groups is 1. The second kappa shape index (κ2) is 6.22. The number of carbonyl (C=O) groups excluding carboxylic acids is 1. The molecule has 7 heteroatoms. The van der Waals surface area contributed by atoms with Crippen molar-refractivity contribution in [2.75, 3.05) is 11.9 Å². The molecule has 1 saturated carbocycles. The van der Waals surface area contributed by atoms with Gasteiger partial charge in [0.2, 0.25) is 0 Å². The molecule has 2 amide bonds. The number of hydrogen-bond donors (Lipinski definition) is 1. The van der Waals surface area contributed by atoms with Gasteiger partial charge in [0.25, 0.3) is 6.43 Å². The van der Waals surface area contributed by atoms with Gasteiger partial charge < -0.3 is 4.90 Å². The van der Waals surface area contributed by atoms with E-state index in [4.69, 9.17) is 0 Å². The van der Waals surface area contributed by atoms with E-state index in [0.29, 0.717) is 23.7 Å². The van der Waals surface area contributed by atoms with Gasteiger partial charge in [-0.05, 0) is 24.7 Å². The van der Waals surface area contributed by atoms with Crippen LogP contribution in [0.25, 0.3) is 0 Å². The van der Waals surface area contributed by atoms with E-state index >= 15 is 0 Å². The van der Waals surface area contributed by atoms with Gasteiger partial charge in [0.15, 0.2) is 5.82 Å². The molecule has 3 rings (SSSR count). The summed E-state index contributed by atoms with van der Waals surface area (Å²) in [5.74, 6) is 1.45. The van der Waals surface area contributed by atoms with E-state index in [9.17, 15) is 13.6 Å². The molecule has 5 nitrogen and oxygen atoms in total. The van der Waals surface area contributed by atoms with Gasteiger partial charge in [-0.2, -0.15) is 5.10 Å². The number of hydrogen-bond acceptors (Lipinski definition) is 2. The van der Waals surface area contributed by atoms with E-state index in [-0.39, 0.29) is 6.03 Å². The summed E-state index contributed by atoms with van der Waals surface area (Å²) in [6, 6.07) is 1.70. The highest BCUT2D eigenvalue weighted by Crippen LogP contribution is 2.39. The lowest BCUT2D eigenvalue weighted by atomic mass is 9.80. The van der Waals surface area contributed by atoms with E-state index < -0.39 is 13.0 Å². The third kappa shape index (κ3) is 3.08. The molecule has 1 aromatic heterocycles. The van der Waals surface area contributed by atoms with Gasteiger partial charge in [-0.1, -0.05) is 19.8 Å². The smallest absolute Gasteiger partial charge is 0.321 e. The molecule has 3 atom stereocenters. The second-order valence-corrected chi connectivity index (χ2v) is 6.39. The van der Waals surface area contributed by atoms with Crippen LogP contribution in [0.2, 0.25) is 0 Å². The molecule has 2 heterocycles. The maximum absolute atomic E-state index is 12.5. The summed E-state index contributed by atoms with van der Waals surface area (Å²) >= 11 is 0. The molecule has 0 radical (unpaired) electrons. The first-order chi connectivity index (χ1) is 10.5. The van der Waals surface area contributed by atoms with Gasteiger partial charge in [0.1, 0.15) is 6.54 Å². The van der Waals surface area contributed by atoms with Crippen molar-refractivity contribution in [3.63, 3.8) is 0 Å². The van der Waals surface area contributed by atoms with Crippen molar-refractivity contribution < 1.29 is 13.6 Å². The lowest BCUT2D eigenvalue weighted by Crippen LogP contribution is -2.41. The van der Waals surface area contributed by atoms with E-state index in [1.807, 2.05) is 4.90 Å². The lowest BCUT2D eigenvalue weighted by Gasteiger charge is -2.31. The van der Waals surface area contributed by atoms with Crippen molar-refractivity contribution in [3.05, 3.63) is 12.3 Å². The SMILES string of the molecule is C[C@@H]1CN(C(=O)Nc2ccn(CC(F)F)n2)[C@@H]2CCCC[C@@H]12. The van der Waals surface area contributed by atoms with Crippen LogP contribution in [0.5, 0.6) is 0 Å². The number of carbonyl (C=O) groups is 1. The number of fused-ring (bicyclic) bond motifs is 1. The van der Waals surface area contributed by atoms with Crippen LogP contribution in [-0.4, -0.2) is 39.7 Å². The standard InChI is InChI=1S/C15H22F2N4O/c1-10-8-21(12-5-3-2-4-11(10)12)15(22)18-14-6-7-20(19-14)9-13(16)17/h6-7,10-13H,2-5,8-9H2,1H3,(H,18,19,22)/t10-,11+,12-/m1/s1. The number of nitrogens with one attached hydrogen (secondary N) is 1. The Morgan fingerprint density at radius 3 is 3.00 bits per heavy atom. The van der Waals surface area contributed by atoms with E-state index in [1.54, 1.807) is 6.07 Å². The summed E-state index contributed by atoms with van der Waals surface area (Å²) in [4.78, 5) is 14.4. The number of amides is 2. The minimum Gasteiger partial charge on any atom is -0.321 e. The minimum atomic E-state index is -2.45. The highest BCUT2D eigenvalue weighted by Gasteiger charge is 2.42. The molecule has 1 aromatic rings. The van der Waals surface area contributed by atoms with Crippen LogP contribution in [-0.2, 0) is 6.54 Å². The van der Waals surface area contributed by atoms with Gasteiger partial charge in [0.05, 0.1) is 0 Å². The maximum atomic E-state index is 12.5. The summed E-state index contributed by atoms with van der Waals surface area (Å²) in [5, 5.41) is 6.70. The Balaban J connectivity index is 1.63. The molecule has 1 aliphatic carbocycles. The first-order valence-electron chi connectivity index (χ1n) is 7.94. The highest BCUT2D eigenvalue weighted by atomic mass is 19.3. The number of likely N-dealkylation sites (tertiary alicyclic amines) is 1. The molecule has 0 spiro atoms. The van der Waals surface area contributed by atoms with Gasteiger partial charge in [-0.3, -0.25) is 10.00 Å². The first-order valence-corrected chi connectivity index (χ1v) is 7.94. The maximum Gasteiger partial charge on any atom is 0.323 e. The van der Waals surface area contributed by atoms with E-state index in [1.165, 1.54) is 25.5 Å². The first kappa shape index (κ1) is 15.2. The number of halogens is 2. The molecular formula is C15H22F2N4O. The molecule has 22 heavy (non-hydrogen) atoms. The predicted molar refractivity (Wildman–Crippen MR) is 78.9 cm³/mol. The van der Waals surface area contributed by atoms with Crippen LogP contribution in [0.3, 0.4) is 0 Å². The van der Waals surface area contributed by atoms with Crippen LogP contribution >= 0.6 is 0 Å². The molecule has 1 saturated heterocycles. The lowest BCUT2D eigenvalue weighted by molar-refractivity contribution is 0.122. The molecule has 2 aliphatic rings. The fourth-order valence-corrected chi connectivity index (χ4v) is 3.86. The molecule has 0 unspecified atom stereocenters. The Labute approximate surface area is 128 Å². The van der Waals surface area contributed by atoms with E-state index in [0.717, 1.165) is 17.6 Å². The molecule has 1 N–H and O–H groups in total. The third-order valence-corrected chi connectivity index (χ3v) is 4.86. The van der Waals surface area contributed by atoms with Crippen LogP contribution < -0.4 is 5.32 Å². The van der Waals surface area contributed by atoms with Crippen molar-refractivity contribution in [2.24, 2.45) is 11.8 Å². The zero-order valence-corrected chi connectivity index (χ0v) is 12.7. The topological polar surface area (TPSA) is 50.2 Å². The van der Waals surface area contributed by atoms with Crippen LogP contribution in [0.15, 0.2) is 12.3 Å². The molecule has 1 aliphatic heterocycles. The van der Waals surface area contributed by atoms with Crippen LogP contribution in [0.4, 0.5) is 19.4 Å². The zero-order valence-electron chi connectivity index (χ0n) is 12.7. The fraction of sp³-hybridized carbons (Fsp3) is 0.733. The van der Waals surface area contributed by atoms with E-state index in [2.05, 4.69) is 17.3 Å². The van der Waals surface area contributed by atoms with Gasteiger partial charge >= 0.3 is 6.03 Å². The van der Waals surface area contributed by atoms with Gasteiger partial charge in [-0.25, -0.2) is 13.6 Å². The van der Waals surface area contributed by atoms with Gasteiger partial charge in [-0.15, -0.1) is 0 Å². The fourth-order valence-electron chi connectivity index (χ4n) is 3.86. The Kier molecular flexibility index (Phi) is 4.31. The minimum absolute atomic E-state index is 0.163. The average molecular weight is 312 g/mol. The Morgan fingerprint density at radius 1 is 1.45 bits per heavy atom. The van der Waals surface area contributed by atoms with Crippen molar-refractivity contribution in [2.45, 2.75) is 51.6 Å². The number of anilines is 1. The summed E-state index contributed by atoms with van der Waals surface area (Å²) < 4.78 is 25.8. The summed E-state index contributed by atoms with van der Waals surface area (Å²) in [5.41, 5.74) is 0. The van der Waals surface area contributed by atoms with Crippen molar-refractivity contribution >= 4 is 11.8 Å². The summed E-state index contributed by atoms with van der Waals surface area (Å²) in [7, 11) is 0. The normalized spacial score (nSPS) is 28.0. The number of rotatable bonds is 3. The number of nitrogens with zero attached hydrogens (tertiary/aromatic N) is 3. The monoisotopic (exact) mass is 312 g/mol. The quantitative estimate of drug-likeness (QED) is 0.932. The van der Waals surface area contributed by atoms with Crippen molar-refractivity contribution in [1.29, 1.82) is 0 Å². The van der Waals surface area contributed by atoms with Crippen molar-refractivity contribution in [3.8, 4) is 0 Å².